The molecule has 63 heavy (non-hydrogen) atoms. The maximum Gasteiger partial charge on any atom is 0.328 e. The van der Waals surface area contributed by atoms with Crippen LogP contribution in [-0.4, -0.2) is 109 Å². The van der Waals surface area contributed by atoms with E-state index in [2.05, 4.69) is 80.9 Å². The lowest BCUT2D eigenvalue weighted by atomic mass is 9.98. The van der Waals surface area contributed by atoms with E-state index in [1.807, 2.05) is 31.6 Å². The van der Waals surface area contributed by atoms with Gasteiger partial charge >= 0.3 is 6.03 Å². The first-order valence-corrected chi connectivity index (χ1v) is 24.8. The second kappa shape index (κ2) is 17.6. The molecule has 330 valence electrons. The predicted molar refractivity (Wildman–Crippen MR) is 250 cm³/mol. The molecule has 18 heteroatoms. The van der Waals surface area contributed by atoms with Crippen molar-refractivity contribution in [1.29, 1.82) is 0 Å². The Balaban J connectivity index is 0.882. The third kappa shape index (κ3) is 9.27. The highest BCUT2D eigenvalue weighted by atomic mass is 79.9. The monoisotopic (exact) mass is 939 g/mol. The number of aromatic nitrogens is 4. The number of carbonyl (C=O) groups excluding carboxylic acids is 2. The summed E-state index contributed by atoms with van der Waals surface area (Å²) in [5.41, 5.74) is 6.68. The molecule has 5 aromatic rings. The average molecular weight is 941 g/mol. The van der Waals surface area contributed by atoms with E-state index < -0.39 is 19.0 Å². The van der Waals surface area contributed by atoms with Gasteiger partial charge in [0.2, 0.25) is 11.9 Å². The first-order valence-electron chi connectivity index (χ1n) is 21.4. The maximum atomic E-state index is 15.3. The number of nitrogens with zero attached hydrogens (tertiary/aromatic N) is 8. The van der Waals surface area contributed by atoms with Crippen LogP contribution in [0.25, 0.3) is 11.1 Å². The van der Waals surface area contributed by atoms with Gasteiger partial charge in [-0.25, -0.2) is 14.2 Å². The lowest BCUT2D eigenvalue weighted by Gasteiger charge is -2.44. The third-order valence-electron chi connectivity index (χ3n) is 12.5. The van der Waals surface area contributed by atoms with E-state index in [0.29, 0.717) is 39.6 Å². The van der Waals surface area contributed by atoms with Gasteiger partial charge in [0, 0.05) is 112 Å². The van der Waals surface area contributed by atoms with Gasteiger partial charge in [0.1, 0.15) is 24.5 Å². The number of halogens is 2. The van der Waals surface area contributed by atoms with Crippen LogP contribution in [0.5, 0.6) is 5.75 Å². The van der Waals surface area contributed by atoms with Crippen molar-refractivity contribution < 1.29 is 23.3 Å². The van der Waals surface area contributed by atoms with Gasteiger partial charge in [-0.15, -0.1) is 0 Å². The van der Waals surface area contributed by atoms with Crippen LogP contribution in [0.15, 0.2) is 71.6 Å². The maximum absolute atomic E-state index is 15.3. The van der Waals surface area contributed by atoms with Crippen molar-refractivity contribution in [3.8, 4) is 16.9 Å². The lowest BCUT2D eigenvalue weighted by molar-refractivity contribution is -0.120. The predicted octanol–water partition coefficient (Wildman–Crippen LogP) is 7.64. The summed E-state index contributed by atoms with van der Waals surface area (Å²) in [6, 6.07) is 15.2. The third-order valence-corrected chi connectivity index (χ3v) is 14.6. The summed E-state index contributed by atoms with van der Waals surface area (Å²) >= 11 is 3.62. The molecule has 0 radical (unpaired) electrons. The Morgan fingerprint density at radius 3 is 2.32 bits per heavy atom. The van der Waals surface area contributed by atoms with Gasteiger partial charge in [-0.3, -0.25) is 24.6 Å². The summed E-state index contributed by atoms with van der Waals surface area (Å²) in [5, 5.41) is 14.4. The molecule has 4 fully saturated rings. The summed E-state index contributed by atoms with van der Waals surface area (Å²) in [6.07, 6.45) is 10.0. The van der Waals surface area contributed by atoms with Gasteiger partial charge in [-0.2, -0.15) is 10.1 Å². The second-order valence-electron chi connectivity index (χ2n) is 17.1. The van der Waals surface area contributed by atoms with Crippen molar-refractivity contribution in [3.05, 3.63) is 83.0 Å². The average Bonchev–Trinajstić information content (AvgIpc) is 4.04. The number of aryl methyl sites for hydroxylation is 1. The summed E-state index contributed by atoms with van der Waals surface area (Å²) in [6.45, 7) is 8.72. The van der Waals surface area contributed by atoms with Crippen LogP contribution in [0.1, 0.15) is 43.6 Å². The van der Waals surface area contributed by atoms with Gasteiger partial charge in [-0.05, 0) is 103 Å². The van der Waals surface area contributed by atoms with E-state index in [-0.39, 0.29) is 24.6 Å². The van der Waals surface area contributed by atoms with Crippen LogP contribution in [0.2, 0.25) is 0 Å². The second-order valence-corrected chi connectivity index (χ2v) is 21.2. The van der Waals surface area contributed by atoms with Gasteiger partial charge in [0.15, 0.2) is 0 Å². The Kier molecular flexibility index (Phi) is 11.9. The molecule has 0 bridgehead atoms. The van der Waals surface area contributed by atoms with Crippen molar-refractivity contribution in [3.63, 3.8) is 0 Å². The van der Waals surface area contributed by atoms with Gasteiger partial charge in [0.25, 0.3) is 0 Å². The molecular weight excluding hydrogens is 888 g/mol. The highest BCUT2D eigenvalue weighted by molar-refractivity contribution is 9.10. The number of imide groups is 1. The van der Waals surface area contributed by atoms with E-state index >= 15 is 4.39 Å². The molecule has 5 heterocycles. The fourth-order valence-corrected chi connectivity index (χ4v) is 10.4. The number of methoxy groups -OCH3 is 1. The minimum absolute atomic E-state index is 0.142. The number of hydrogen-bond acceptors (Lipinski definition) is 12. The first-order chi connectivity index (χ1) is 30.3. The summed E-state index contributed by atoms with van der Waals surface area (Å²) < 4.78 is 37.2. The zero-order valence-electron chi connectivity index (χ0n) is 35.9. The normalized spacial score (nSPS) is 17.8. The Morgan fingerprint density at radius 2 is 1.65 bits per heavy atom. The van der Waals surface area contributed by atoms with Crippen molar-refractivity contribution >= 4 is 80.5 Å². The Hall–Kier alpha value is -5.51. The van der Waals surface area contributed by atoms with Crippen molar-refractivity contribution in [1.82, 2.24) is 30.0 Å². The SMILES string of the molecule is COc1cc(N2CCC(N3CCN(c4ccc(N5CCC(=O)NC5=O)c(F)c4)CC3)CC2)c(-c2cnn(C)c2)cc1Nc1ncc(Br)c(Nc2ccc(C3CC3)cc2P(C)(C)=O)n1. The Bertz CT molecular complexity index is 2600. The molecule has 3 amide bonds. The zero-order valence-corrected chi connectivity index (χ0v) is 38.4. The highest BCUT2D eigenvalue weighted by Gasteiger charge is 2.32. The number of urea groups is 1. The first kappa shape index (κ1) is 42.8. The number of nitrogens with one attached hydrogen (secondary N) is 3. The molecule has 3 N–H and O–H groups in total. The van der Waals surface area contributed by atoms with E-state index in [1.165, 1.54) is 29.4 Å². The minimum atomic E-state index is -2.60. The molecule has 1 aliphatic carbocycles. The standard InChI is InChI=1S/C45H52BrFN11O4P/c1-54-27-30(25-49-54)33-23-37(51-44-48-26-34(46)43(53-44)50-36-9-7-29(28-5-6-28)21-41(36)63(3,4)61)40(62-2)24-39(33)57-14-11-31(12-15-57)55-17-19-56(20-18-55)32-8-10-38(35(47)22-32)58-16-13-42(59)52-45(58)60/h7-10,21-28,31H,5-6,11-20H2,1-4H3,(H,52,59,60)(H2,48,50,51,53). The van der Waals surface area contributed by atoms with Crippen molar-refractivity contribution in [2.45, 2.75) is 44.1 Å². The van der Waals surface area contributed by atoms with Crippen molar-refractivity contribution in [2.75, 3.05) is 91.6 Å². The Labute approximate surface area is 374 Å². The molecule has 0 atom stereocenters. The topological polar surface area (TPSA) is 153 Å². The van der Waals surface area contributed by atoms with Gasteiger partial charge < -0.3 is 29.7 Å². The highest BCUT2D eigenvalue weighted by Crippen LogP contribution is 2.45. The number of piperidine rings is 1. The van der Waals surface area contributed by atoms with E-state index in [4.69, 9.17) is 9.72 Å². The minimum Gasteiger partial charge on any atom is -0.494 e. The molecular formula is C45H52BrFN11O4P. The number of benzene rings is 3. The quantitative estimate of drug-likeness (QED) is 0.106. The van der Waals surface area contributed by atoms with Gasteiger partial charge in [0.05, 0.1) is 34.8 Å². The molecule has 4 aliphatic rings. The molecule has 15 nitrogen and oxygen atoms in total. The number of ether oxygens (including phenoxy) is 1. The molecule has 0 unspecified atom stereocenters. The lowest BCUT2D eigenvalue weighted by Crippen LogP contribution is -2.53. The molecule has 2 aromatic heterocycles. The fraction of sp³-hybridized carbons (Fsp3) is 0.400. The fourth-order valence-electron chi connectivity index (χ4n) is 8.94. The van der Waals surface area contributed by atoms with E-state index in [0.717, 1.165) is 85.6 Å². The molecule has 0 spiro atoms. The van der Waals surface area contributed by atoms with Gasteiger partial charge in [-0.1, -0.05) is 6.07 Å². The summed E-state index contributed by atoms with van der Waals surface area (Å²) in [5.74, 6) is 1.27. The van der Waals surface area contributed by atoms with Crippen LogP contribution >= 0.6 is 23.1 Å². The van der Waals surface area contributed by atoms with Crippen molar-refractivity contribution in [2.24, 2.45) is 7.05 Å². The summed E-state index contributed by atoms with van der Waals surface area (Å²) in [7, 11) is 0.970. The molecule has 3 aromatic carbocycles. The van der Waals surface area contributed by atoms with Crippen LogP contribution in [0, 0.1) is 5.82 Å². The number of piperazine rings is 1. The Morgan fingerprint density at radius 1 is 0.873 bits per heavy atom. The van der Waals surface area contributed by atoms with Crippen LogP contribution in [0.4, 0.5) is 49.4 Å². The number of amides is 3. The van der Waals surface area contributed by atoms with Crippen LogP contribution in [0.3, 0.4) is 0 Å². The molecule has 3 saturated heterocycles. The zero-order chi connectivity index (χ0) is 44.0. The smallest absolute Gasteiger partial charge is 0.328 e. The summed E-state index contributed by atoms with van der Waals surface area (Å²) in [4.78, 5) is 41.8. The molecule has 1 saturated carbocycles. The number of hydrogen-bond donors (Lipinski definition) is 3. The van der Waals surface area contributed by atoms with E-state index in [1.54, 1.807) is 37.4 Å². The number of anilines is 7. The molecule has 9 rings (SSSR count). The van der Waals surface area contributed by atoms with Crippen LogP contribution < -0.4 is 40.7 Å². The van der Waals surface area contributed by atoms with Crippen LogP contribution in [-0.2, 0) is 16.4 Å². The van der Waals surface area contributed by atoms with E-state index in [9.17, 15) is 14.2 Å². The molecule has 3 aliphatic heterocycles. The number of carbonyl (C=O) groups is 2. The largest absolute Gasteiger partial charge is 0.494 e. The number of rotatable bonds is 12.